The van der Waals surface area contributed by atoms with Crippen molar-refractivity contribution in [1.82, 2.24) is 4.90 Å². The van der Waals surface area contributed by atoms with Crippen molar-refractivity contribution in [3.63, 3.8) is 0 Å². The Labute approximate surface area is 121 Å². The molecule has 2 rings (SSSR count). The Balaban J connectivity index is 2.28. The first-order valence-electron chi connectivity index (χ1n) is 6.05. The predicted octanol–water partition coefficient (Wildman–Crippen LogP) is 4.17. The average Bonchev–Trinajstić information content (AvgIpc) is 2.64. The molecule has 0 radical (unpaired) electrons. The van der Waals surface area contributed by atoms with Crippen molar-refractivity contribution in [3.05, 3.63) is 39.8 Å². The number of halogens is 1. The SMILES string of the molecule is CCC(C)N1C(=O)S/C(=C/c2cccc(Cl)c2)C1=O. The van der Waals surface area contributed by atoms with Crippen LogP contribution in [0.5, 0.6) is 0 Å². The number of amides is 2. The number of benzene rings is 1. The van der Waals surface area contributed by atoms with Crippen LogP contribution in [0.2, 0.25) is 5.02 Å². The van der Waals surface area contributed by atoms with Crippen LogP contribution in [0.1, 0.15) is 25.8 Å². The quantitative estimate of drug-likeness (QED) is 0.785. The van der Waals surface area contributed by atoms with E-state index in [9.17, 15) is 9.59 Å². The second kappa shape index (κ2) is 5.80. The van der Waals surface area contributed by atoms with E-state index in [1.165, 1.54) is 4.90 Å². The summed E-state index contributed by atoms with van der Waals surface area (Å²) < 4.78 is 0. The minimum atomic E-state index is -0.218. The summed E-state index contributed by atoms with van der Waals surface area (Å²) >= 11 is 6.88. The molecule has 1 saturated heterocycles. The molecule has 1 fully saturated rings. The Morgan fingerprint density at radius 3 is 2.79 bits per heavy atom. The molecular weight excluding hydrogens is 282 g/mol. The summed E-state index contributed by atoms with van der Waals surface area (Å²) in [6.07, 6.45) is 2.46. The standard InChI is InChI=1S/C14H14ClNO2S/c1-3-9(2)16-13(17)12(19-14(16)18)8-10-5-4-6-11(15)7-10/h4-9H,3H2,1-2H3/b12-8+. The Morgan fingerprint density at radius 2 is 2.16 bits per heavy atom. The van der Waals surface area contributed by atoms with E-state index in [2.05, 4.69) is 0 Å². The molecule has 0 N–H and O–H groups in total. The maximum absolute atomic E-state index is 12.2. The second-order valence-electron chi connectivity index (χ2n) is 4.36. The molecule has 0 aliphatic carbocycles. The fourth-order valence-electron chi connectivity index (χ4n) is 1.79. The molecule has 19 heavy (non-hydrogen) atoms. The largest absolute Gasteiger partial charge is 0.293 e. The van der Waals surface area contributed by atoms with E-state index in [1.54, 1.807) is 18.2 Å². The highest BCUT2D eigenvalue weighted by Gasteiger charge is 2.37. The number of thioether (sulfide) groups is 1. The van der Waals surface area contributed by atoms with Crippen LogP contribution in [0.4, 0.5) is 4.79 Å². The summed E-state index contributed by atoms with van der Waals surface area (Å²) in [7, 11) is 0. The number of carbonyl (C=O) groups excluding carboxylic acids is 2. The van der Waals surface area contributed by atoms with E-state index in [0.29, 0.717) is 9.93 Å². The van der Waals surface area contributed by atoms with Crippen LogP contribution in [0.25, 0.3) is 6.08 Å². The van der Waals surface area contributed by atoms with Crippen molar-refractivity contribution in [2.45, 2.75) is 26.3 Å². The molecule has 1 aromatic carbocycles. The van der Waals surface area contributed by atoms with Gasteiger partial charge in [0.2, 0.25) is 0 Å². The van der Waals surface area contributed by atoms with Crippen LogP contribution in [0.15, 0.2) is 29.2 Å². The zero-order valence-corrected chi connectivity index (χ0v) is 12.3. The molecule has 1 heterocycles. The molecule has 0 aromatic heterocycles. The van der Waals surface area contributed by atoms with Gasteiger partial charge in [0.15, 0.2) is 0 Å². The number of rotatable bonds is 3. The number of nitrogens with zero attached hydrogens (tertiary/aromatic N) is 1. The molecule has 0 saturated carbocycles. The fraction of sp³-hybridized carbons (Fsp3) is 0.286. The van der Waals surface area contributed by atoms with E-state index in [1.807, 2.05) is 26.0 Å². The van der Waals surface area contributed by atoms with Gasteiger partial charge in [-0.15, -0.1) is 0 Å². The van der Waals surface area contributed by atoms with E-state index < -0.39 is 0 Å². The number of hydrogen-bond donors (Lipinski definition) is 0. The van der Waals surface area contributed by atoms with Gasteiger partial charge in [0.1, 0.15) is 0 Å². The lowest BCUT2D eigenvalue weighted by Gasteiger charge is -2.19. The highest BCUT2D eigenvalue weighted by molar-refractivity contribution is 8.18. The van der Waals surface area contributed by atoms with Crippen molar-refractivity contribution in [1.29, 1.82) is 0 Å². The average molecular weight is 296 g/mol. The van der Waals surface area contributed by atoms with Gasteiger partial charge >= 0.3 is 0 Å². The highest BCUT2D eigenvalue weighted by Crippen LogP contribution is 2.34. The van der Waals surface area contributed by atoms with Crippen LogP contribution < -0.4 is 0 Å². The Morgan fingerprint density at radius 1 is 1.42 bits per heavy atom. The number of imide groups is 1. The predicted molar refractivity (Wildman–Crippen MR) is 79.0 cm³/mol. The first-order valence-corrected chi connectivity index (χ1v) is 7.25. The van der Waals surface area contributed by atoms with Crippen LogP contribution >= 0.6 is 23.4 Å². The van der Waals surface area contributed by atoms with E-state index in [4.69, 9.17) is 11.6 Å². The molecule has 3 nitrogen and oxygen atoms in total. The van der Waals surface area contributed by atoms with Crippen molar-refractivity contribution in [3.8, 4) is 0 Å². The lowest BCUT2D eigenvalue weighted by Crippen LogP contribution is -2.36. The highest BCUT2D eigenvalue weighted by atomic mass is 35.5. The first kappa shape index (κ1) is 14.2. The summed E-state index contributed by atoms with van der Waals surface area (Å²) in [5.74, 6) is -0.218. The fourth-order valence-corrected chi connectivity index (χ4v) is 2.92. The zero-order valence-electron chi connectivity index (χ0n) is 10.7. The summed E-state index contributed by atoms with van der Waals surface area (Å²) in [5.41, 5.74) is 0.821. The Hall–Kier alpha value is -1.26. The smallest absolute Gasteiger partial charge is 0.268 e. The summed E-state index contributed by atoms with van der Waals surface area (Å²) in [6, 6.07) is 7.12. The van der Waals surface area contributed by atoms with E-state index >= 15 is 0 Å². The number of carbonyl (C=O) groups is 2. The summed E-state index contributed by atoms with van der Waals surface area (Å²) in [6.45, 7) is 3.83. The third kappa shape index (κ3) is 3.01. The van der Waals surface area contributed by atoms with Crippen molar-refractivity contribution >= 4 is 40.6 Å². The maximum atomic E-state index is 12.2. The molecular formula is C14H14ClNO2S. The Bertz CT molecular complexity index is 556. The molecule has 1 aliphatic heterocycles. The lowest BCUT2D eigenvalue weighted by molar-refractivity contribution is -0.124. The molecule has 0 spiro atoms. The topological polar surface area (TPSA) is 37.4 Å². The number of hydrogen-bond acceptors (Lipinski definition) is 3. The third-order valence-electron chi connectivity index (χ3n) is 3.00. The molecule has 100 valence electrons. The van der Waals surface area contributed by atoms with Gasteiger partial charge in [-0.2, -0.15) is 0 Å². The normalized spacial score (nSPS) is 19.3. The van der Waals surface area contributed by atoms with Gasteiger partial charge in [-0.1, -0.05) is 30.7 Å². The van der Waals surface area contributed by atoms with Gasteiger partial charge < -0.3 is 0 Å². The molecule has 5 heteroatoms. The Kier molecular flexibility index (Phi) is 4.32. The van der Waals surface area contributed by atoms with Gasteiger partial charge in [0.25, 0.3) is 11.1 Å². The second-order valence-corrected chi connectivity index (χ2v) is 5.79. The lowest BCUT2D eigenvalue weighted by atomic mass is 10.2. The van der Waals surface area contributed by atoms with E-state index in [0.717, 1.165) is 23.7 Å². The zero-order chi connectivity index (χ0) is 14.0. The summed E-state index contributed by atoms with van der Waals surface area (Å²) in [4.78, 5) is 25.8. The first-order chi connectivity index (χ1) is 9.02. The van der Waals surface area contributed by atoms with Crippen LogP contribution in [0, 0.1) is 0 Å². The van der Waals surface area contributed by atoms with Gasteiger partial charge in [-0.05, 0) is 48.9 Å². The molecule has 1 aliphatic rings. The van der Waals surface area contributed by atoms with Crippen LogP contribution in [0.3, 0.4) is 0 Å². The minimum Gasteiger partial charge on any atom is -0.268 e. The van der Waals surface area contributed by atoms with Crippen molar-refractivity contribution < 1.29 is 9.59 Å². The van der Waals surface area contributed by atoms with Crippen molar-refractivity contribution in [2.24, 2.45) is 0 Å². The van der Waals surface area contributed by atoms with Gasteiger partial charge in [0.05, 0.1) is 4.91 Å². The van der Waals surface area contributed by atoms with Gasteiger partial charge in [0, 0.05) is 11.1 Å². The van der Waals surface area contributed by atoms with Crippen LogP contribution in [-0.2, 0) is 4.79 Å². The molecule has 1 atom stereocenters. The summed E-state index contributed by atoms with van der Waals surface area (Å²) in [5, 5.41) is 0.405. The molecule has 0 bridgehead atoms. The van der Waals surface area contributed by atoms with Gasteiger partial charge in [-0.3, -0.25) is 14.5 Å². The van der Waals surface area contributed by atoms with Crippen LogP contribution in [-0.4, -0.2) is 22.1 Å². The minimum absolute atomic E-state index is 0.0715. The third-order valence-corrected chi connectivity index (χ3v) is 4.12. The monoisotopic (exact) mass is 295 g/mol. The van der Waals surface area contributed by atoms with Gasteiger partial charge in [-0.25, -0.2) is 0 Å². The molecule has 2 amide bonds. The van der Waals surface area contributed by atoms with E-state index in [-0.39, 0.29) is 17.2 Å². The molecule has 1 aromatic rings. The maximum Gasteiger partial charge on any atom is 0.293 e. The van der Waals surface area contributed by atoms with Crippen molar-refractivity contribution in [2.75, 3.05) is 0 Å². The molecule has 1 unspecified atom stereocenters.